The predicted molar refractivity (Wildman–Crippen MR) is 70.7 cm³/mol. The maximum atomic E-state index is 11.0. The number of carbonyl (C=O) groups excluding carboxylic acids is 1. The highest BCUT2D eigenvalue weighted by Crippen LogP contribution is 2.11. The molecule has 7 heteroatoms. The van der Waals surface area contributed by atoms with Gasteiger partial charge in [-0.25, -0.2) is 4.79 Å². The molecule has 0 aliphatic heterocycles. The third kappa shape index (κ3) is 5.84. The van der Waals surface area contributed by atoms with E-state index in [1.807, 2.05) is 0 Å². The number of nitrogens with one attached hydrogen (secondary N) is 1. The molecule has 0 aromatic heterocycles. The summed E-state index contributed by atoms with van der Waals surface area (Å²) >= 11 is 0. The number of hydroxylamine groups is 1. The fourth-order valence-electron chi connectivity index (χ4n) is 1.20. The second kappa shape index (κ2) is 7.76. The molecule has 0 atom stereocenters. The van der Waals surface area contributed by atoms with E-state index in [9.17, 15) is 14.9 Å². The topological polar surface area (TPSA) is 90.7 Å². The fraction of sp³-hybridized carbons (Fsp3) is 0.308. The van der Waals surface area contributed by atoms with Gasteiger partial charge >= 0.3 is 6.09 Å². The van der Waals surface area contributed by atoms with Crippen LogP contribution in [0.3, 0.4) is 0 Å². The van der Waals surface area contributed by atoms with Crippen molar-refractivity contribution < 1.29 is 19.3 Å². The van der Waals surface area contributed by atoms with Crippen molar-refractivity contribution in [1.29, 1.82) is 0 Å². The Morgan fingerprint density at radius 2 is 2.25 bits per heavy atom. The molecule has 0 unspecified atom stereocenters. The highest BCUT2D eigenvalue weighted by atomic mass is 16.7. The van der Waals surface area contributed by atoms with Gasteiger partial charge in [-0.1, -0.05) is 17.9 Å². The molecule has 20 heavy (non-hydrogen) atoms. The smallest absolute Gasteiger partial charge is 0.431 e. The monoisotopic (exact) mass is 278 g/mol. The van der Waals surface area contributed by atoms with Gasteiger partial charge in [0.25, 0.3) is 5.69 Å². The van der Waals surface area contributed by atoms with Gasteiger partial charge in [-0.05, 0) is 19.9 Å². The molecule has 0 aliphatic carbocycles. The molecule has 0 bridgehead atoms. The standard InChI is InChI=1S/C13H14N2O5/c1-10(2)20-13(16)14-19-8-4-6-11-5-3-7-12(9-11)15(17)18/h3,5,7,9-10H,8H2,1-2H3,(H,14,16). The number of hydrogen-bond donors (Lipinski definition) is 1. The summed E-state index contributed by atoms with van der Waals surface area (Å²) in [6, 6.07) is 5.92. The molecular formula is C13H14N2O5. The number of benzene rings is 1. The van der Waals surface area contributed by atoms with Gasteiger partial charge in [-0.15, -0.1) is 0 Å². The summed E-state index contributed by atoms with van der Waals surface area (Å²) in [7, 11) is 0. The summed E-state index contributed by atoms with van der Waals surface area (Å²) in [5.74, 6) is 5.29. The van der Waals surface area contributed by atoms with Gasteiger partial charge in [0.05, 0.1) is 11.0 Å². The SMILES string of the molecule is CC(C)OC(=O)NOCC#Cc1cccc([N+](=O)[O-])c1. The molecule has 1 amide bonds. The molecule has 106 valence electrons. The Kier molecular flexibility index (Phi) is 6.00. The summed E-state index contributed by atoms with van der Waals surface area (Å²) in [4.78, 5) is 25.9. The van der Waals surface area contributed by atoms with Gasteiger partial charge in [0.2, 0.25) is 0 Å². The van der Waals surface area contributed by atoms with Crippen LogP contribution in [0.25, 0.3) is 0 Å². The minimum Gasteiger partial charge on any atom is -0.445 e. The Labute approximate surface area is 116 Å². The van der Waals surface area contributed by atoms with E-state index in [2.05, 4.69) is 17.3 Å². The molecule has 0 aliphatic rings. The maximum Gasteiger partial charge on any atom is 0.431 e. The largest absolute Gasteiger partial charge is 0.445 e. The van der Waals surface area contributed by atoms with Crippen LogP contribution in [0.2, 0.25) is 0 Å². The molecule has 0 saturated heterocycles. The van der Waals surface area contributed by atoms with E-state index in [0.717, 1.165) is 0 Å². The van der Waals surface area contributed by atoms with Crippen molar-refractivity contribution in [2.24, 2.45) is 0 Å². The lowest BCUT2D eigenvalue weighted by atomic mass is 10.2. The van der Waals surface area contributed by atoms with E-state index in [-0.39, 0.29) is 18.4 Å². The van der Waals surface area contributed by atoms with Crippen molar-refractivity contribution in [2.75, 3.05) is 6.61 Å². The zero-order chi connectivity index (χ0) is 15.0. The first-order chi connectivity index (χ1) is 9.49. The second-order valence-corrected chi connectivity index (χ2v) is 3.95. The molecule has 0 saturated carbocycles. The molecule has 1 N–H and O–H groups in total. The van der Waals surface area contributed by atoms with Crippen molar-refractivity contribution in [1.82, 2.24) is 5.48 Å². The molecule has 1 rings (SSSR count). The van der Waals surface area contributed by atoms with Gasteiger partial charge in [-0.3, -0.25) is 15.0 Å². The van der Waals surface area contributed by atoms with E-state index >= 15 is 0 Å². The molecule has 1 aromatic rings. The van der Waals surface area contributed by atoms with E-state index in [1.165, 1.54) is 12.1 Å². The van der Waals surface area contributed by atoms with Gasteiger partial charge in [-0.2, -0.15) is 5.48 Å². The first-order valence-electron chi connectivity index (χ1n) is 5.81. The summed E-state index contributed by atoms with van der Waals surface area (Å²) in [6.07, 6.45) is -0.938. The quantitative estimate of drug-likeness (QED) is 0.394. The Hall–Kier alpha value is -2.59. The second-order valence-electron chi connectivity index (χ2n) is 3.95. The van der Waals surface area contributed by atoms with Crippen LogP contribution < -0.4 is 5.48 Å². The first kappa shape index (κ1) is 15.5. The summed E-state index contributed by atoms with van der Waals surface area (Å²) < 4.78 is 4.76. The third-order valence-corrected chi connectivity index (χ3v) is 1.93. The zero-order valence-electron chi connectivity index (χ0n) is 11.1. The number of carbonyl (C=O) groups is 1. The van der Waals surface area contributed by atoms with Crippen LogP contribution in [0.4, 0.5) is 10.5 Å². The number of nitro benzene ring substituents is 1. The number of ether oxygens (including phenoxy) is 1. The lowest BCUT2D eigenvalue weighted by Crippen LogP contribution is -2.27. The van der Waals surface area contributed by atoms with Gasteiger partial charge in [0, 0.05) is 17.7 Å². The van der Waals surface area contributed by atoms with E-state index in [1.54, 1.807) is 26.0 Å². The maximum absolute atomic E-state index is 11.0. The average molecular weight is 278 g/mol. The Bertz CT molecular complexity index is 545. The lowest BCUT2D eigenvalue weighted by Gasteiger charge is -2.07. The van der Waals surface area contributed by atoms with E-state index in [4.69, 9.17) is 9.57 Å². The zero-order valence-corrected chi connectivity index (χ0v) is 11.1. The first-order valence-corrected chi connectivity index (χ1v) is 5.81. The van der Waals surface area contributed by atoms with Crippen LogP contribution in [-0.2, 0) is 9.57 Å². The van der Waals surface area contributed by atoms with Crippen LogP contribution in [0.1, 0.15) is 19.4 Å². The molecule has 0 heterocycles. The Balaban J connectivity index is 2.41. The summed E-state index contributed by atoms with van der Waals surface area (Å²) in [6.45, 7) is 3.36. The molecular weight excluding hydrogens is 264 g/mol. The van der Waals surface area contributed by atoms with E-state index in [0.29, 0.717) is 5.56 Å². The lowest BCUT2D eigenvalue weighted by molar-refractivity contribution is -0.384. The highest BCUT2D eigenvalue weighted by molar-refractivity contribution is 5.65. The molecule has 7 nitrogen and oxygen atoms in total. The molecule has 0 fully saturated rings. The summed E-state index contributed by atoms with van der Waals surface area (Å²) in [5.41, 5.74) is 2.52. The van der Waals surface area contributed by atoms with Crippen molar-refractivity contribution in [3.05, 3.63) is 39.9 Å². The predicted octanol–water partition coefficient (Wildman–Crippen LogP) is 2.01. The van der Waals surface area contributed by atoms with E-state index < -0.39 is 11.0 Å². The van der Waals surface area contributed by atoms with Crippen molar-refractivity contribution in [3.63, 3.8) is 0 Å². The van der Waals surface area contributed by atoms with Crippen LogP contribution in [0.5, 0.6) is 0 Å². The van der Waals surface area contributed by atoms with Crippen LogP contribution in [0.15, 0.2) is 24.3 Å². The molecule has 0 radical (unpaired) electrons. The van der Waals surface area contributed by atoms with Crippen molar-refractivity contribution >= 4 is 11.8 Å². The number of rotatable bonds is 4. The normalized spacial score (nSPS) is 9.55. The minimum atomic E-state index is -0.697. The number of non-ortho nitro benzene ring substituents is 1. The fourth-order valence-corrected chi connectivity index (χ4v) is 1.20. The highest BCUT2D eigenvalue weighted by Gasteiger charge is 2.04. The van der Waals surface area contributed by atoms with Crippen LogP contribution >= 0.6 is 0 Å². The van der Waals surface area contributed by atoms with Crippen LogP contribution in [-0.4, -0.2) is 23.7 Å². The summed E-state index contributed by atoms with van der Waals surface area (Å²) in [5, 5.41) is 10.6. The van der Waals surface area contributed by atoms with Crippen LogP contribution in [0, 0.1) is 22.0 Å². The Morgan fingerprint density at radius 1 is 1.50 bits per heavy atom. The van der Waals surface area contributed by atoms with Crippen molar-refractivity contribution in [3.8, 4) is 11.8 Å². The number of nitrogens with zero attached hydrogens (tertiary/aromatic N) is 1. The van der Waals surface area contributed by atoms with Gasteiger partial charge < -0.3 is 4.74 Å². The minimum absolute atomic E-state index is 0.0312. The van der Waals surface area contributed by atoms with Gasteiger partial charge in [0.1, 0.15) is 6.61 Å². The van der Waals surface area contributed by atoms with Crippen molar-refractivity contribution in [2.45, 2.75) is 20.0 Å². The Morgan fingerprint density at radius 3 is 2.90 bits per heavy atom. The molecule has 0 spiro atoms. The number of hydrogen-bond acceptors (Lipinski definition) is 5. The number of amides is 1. The van der Waals surface area contributed by atoms with Gasteiger partial charge in [0.15, 0.2) is 0 Å². The average Bonchev–Trinajstić information content (AvgIpc) is 2.37. The molecule has 1 aromatic carbocycles. The third-order valence-electron chi connectivity index (χ3n) is 1.93. The number of nitro groups is 1.